The zero-order valence-electron chi connectivity index (χ0n) is 11.4. The largest absolute Gasteiger partial charge is 0.443 e. The summed E-state index contributed by atoms with van der Waals surface area (Å²) in [6.45, 7) is 8.30. The van der Waals surface area contributed by atoms with Crippen molar-refractivity contribution in [3.63, 3.8) is 0 Å². The molecule has 0 bridgehead atoms. The number of para-hydroxylation sites is 2. The molecule has 1 unspecified atom stereocenters. The molecule has 0 fully saturated rings. The van der Waals surface area contributed by atoms with Crippen molar-refractivity contribution in [1.82, 2.24) is 0 Å². The lowest BCUT2D eigenvalue weighted by molar-refractivity contribution is 0.0578. The Balaban J connectivity index is 2.26. The SMILES string of the molecule is CC1CN(C(=O)OC(C)(C)C)c2ccccc2N1. The van der Waals surface area contributed by atoms with Gasteiger partial charge in [-0.15, -0.1) is 0 Å². The van der Waals surface area contributed by atoms with Gasteiger partial charge in [-0.05, 0) is 39.8 Å². The van der Waals surface area contributed by atoms with E-state index in [9.17, 15) is 4.79 Å². The summed E-state index contributed by atoms with van der Waals surface area (Å²) in [5.74, 6) is 0. The van der Waals surface area contributed by atoms with Gasteiger partial charge >= 0.3 is 6.09 Å². The van der Waals surface area contributed by atoms with Gasteiger partial charge in [-0.25, -0.2) is 4.79 Å². The van der Waals surface area contributed by atoms with Crippen molar-refractivity contribution in [1.29, 1.82) is 0 Å². The number of carbonyl (C=O) groups excluding carboxylic acids is 1. The van der Waals surface area contributed by atoms with Crippen LogP contribution in [0.15, 0.2) is 24.3 Å². The van der Waals surface area contributed by atoms with Crippen LogP contribution in [0.1, 0.15) is 27.7 Å². The average molecular weight is 248 g/mol. The number of hydrogen-bond donors (Lipinski definition) is 1. The Morgan fingerprint density at radius 2 is 2.06 bits per heavy atom. The number of anilines is 2. The van der Waals surface area contributed by atoms with Crippen LogP contribution in [0.2, 0.25) is 0 Å². The van der Waals surface area contributed by atoms with E-state index >= 15 is 0 Å². The van der Waals surface area contributed by atoms with Crippen LogP contribution in [-0.4, -0.2) is 24.3 Å². The molecule has 0 saturated heterocycles. The van der Waals surface area contributed by atoms with Gasteiger partial charge in [0.15, 0.2) is 0 Å². The molecule has 1 aromatic rings. The van der Waals surface area contributed by atoms with Crippen LogP contribution in [0.5, 0.6) is 0 Å². The summed E-state index contributed by atoms with van der Waals surface area (Å²) in [4.78, 5) is 13.9. The van der Waals surface area contributed by atoms with Crippen molar-refractivity contribution >= 4 is 17.5 Å². The smallest absolute Gasteiger partial charge is 0.414 e. The average Bonchev–Trinajstić information content (AvgIpc) is 2.25. The number of ether oxygens (including phenoxy) is 1. The fourth-order valence-corrected chi connectivity index (χ4v) is 2.00. The van der Waals surface area contributed by atoms with Gasteiger partial charge in [-0.2, -0.15) is 0 Å². The Bertz CT molecular complexity index is 451. The Morgan fingerprint density at radius 1 is 1.39 bits per heavy atom. The molecule has 1 N–H and O–H groups in total. The fourth-order valence-electron chi connectivity index (χ4n) is 2.00. The normalized spacial score (nSPS) is 18.9. The van der Waals surface area contributed by atoms with Crippen molar-refractivity contribution in [3.05, 3.63) is 24.3 Å². The summed E-state index contributed by atoms with van der Waals surface area (Å²) in [5, 5.41) is 3.36. The summed E-state index contributed by atoms with van der Waals surface area (Å²) in [6, 6.07) is 8.00. The molecule has 2 rings (SSSR count). The number of hydrogen-bond acceptors (Lipinski definition) is 3. The number of fused-ring (bicyclic) bond motifs is 1. The summed E-state index contributed by atoms with van der Waals surface area (Å²) < 4.78 is 5.44. The molecule has 0 saturated carbocycles. The summed E-state index contributed by atoms with van der Waals surface area (Å²) in [7, 11) is 0. The second kappa shape index (κ2) is 4.52. The number of rotatable bonds is 0. The van der Waals surface area contributed by atoms with E-state index in [0.717, 1.165) is 11.4 Å². The number of nitrogens with one attached hydrogen (secondary N) is 1. The highest BCUT2D eigenvalue weighted by atomic mass is 16.6. The highest BCUT2D eigenvalue weighted by Gasteiger charge is 2.29. The van der Waals surface area contributed by atoms with Crippen LogP contribution < -0.4 is 10.2 Å². The molecule has 1 heterocycles. The van der Waals surface area contributed by atoms with Crippen molar-refractivity contribution in [2.45, 2.75) is 39.3 Å². The number of amides is 1. The van der Waals surface area contributed by atoms with Crippen LogP contribution in [-0.2, 0) is 4.74 Å². The second-order valence-electron chi connectivity index (χ2n) is 5.65. The Morgan fingerprint density at radius 3 is 2.72 bits per heavy atom. The predicted octanol–water partition coefficient (Wildman–Crippen LogP) is 3.24. The van der Waals surface area contributed by atoms with E-state index in [0.29, 0.717) is 6.54 Å². The maximum absolute atomic E-state index is 12.2. The van der Waals surface area contributed by atoms with E-state index < -0.39 is 5.60 Å². The lowest BCUT2D eigenvalue weighted by Gasteiger charge is -2.35. The maximum atomic E-state index is 12.2. The third-order valence-corrected chi connectivity index (χ3v) is 2.67. The van der Waals surface area contributed by atoms with E-state index in [1.165, 1.54) is 0 Å². The first-order chi connectivity index (χ1) is 8.37. The van der Waals surface area contributed by atoms with Crippen LogP contribution >= 0.6 is 0 Å². The monoisotopic (exact) mass is 248 g/mol. The number of carbonyl (C=O) groups is 1. The zero-order valence-corrected chi connectivity index (χ0v) is 11.4. The minimum atomic E-state index is -0.472. The Kier molecular flexibility index (Phi) is 3.20. The van der Waals surface area contributed by atoms with Gasteiger partial charge in [-0.1, -0.05) is 12.1 Å². The molecular formula is C14H20N2O2. The lowest BCUT2D eigenvalue weighted by Crippen LogP contribution is -2.45. The molecule has 1 aliphatic rings. The minimum absolute atomic E-state index is 0.215. The second-order valence-corrected chi connectivity index (χ2v) is 5.65. The van der Waals surface area contributed by atoms with Crippen LogP contribution in [0.4, 0.5) is 16.2 Å². The predicted molar refractivity (Wildman–Crippen MR) is 73.1 cm³/mol. The van der Waals surface area contributed by atoms with Gasteiger partial charge < -0.3 is 10.1 Å². The van der Waals surface area contributed by atoms with Crippen LogP contribution in [0, 0.1) is 0 Å². The van der Waals surface area contributed by atoms with Crippen molar-refractivity contribution in [2.75, 3.05) is 16.8 Å². The molecule has 98 valence electrons. The van der Waals surface area contributed by atoms with E-state index in [1.807, 2.05) is 52.0 Å². The number of benzene rings is 1. The minimum Gasteiger partial charge on any atom is -0.443 e. The van der Waals surface area contributed by atoms with Gasteiger partial charge in [0.1, 0.15) is 5.60 Å². The molecular weight excluding hydrogens is 228 g/mol. The molecule has 0 radical (unpaired) electrons. The first kappa shape index (κ1) is 12.7. The first-order valence-electron chi connectivity index (χ1n) is 6.23. The summed E-state index contributed by atoms with van der Waals surface area (Å²) in [6.07, 6.45) is -0.289. The van der Waals surface area contributed by atoms with E-state index in [2.05, 4.69) is 5.32 Å². The van der Waals surface area contributed by atoms with Gasteiger partial charge in [-0.3, -0.25) is 4.90 Å². The van der Waals surface area contributed by atoms with E-state index in [1.54, 1.807) is 4.90 Å². The Hall–Kier alpha value is -1.71. The van der Waals surface area contributed by atoms with Gasteiger partial charge in [0.2, 0.25) is 0 Å². The quantitative estimate of drug-likeness (QED) is 0.766. The molecule has 1 aromatic carbocycles. The molecule has 18 heavy (non-hydrogen) atoms. The maximum Gasteiger partial charge on any atom is 0.414 e. The van der Waals surface area contributed by atoms with Gasteiger partial charge in [0.25, 0.3) is 0 Å². The van der Waals surface area contributed by atoms with Gasteiger partial charge in [0.05, 0.1) is 11.4 Å². The highest BCUT2D eigenvalue weighted by molar-refractivity contribution is 5.93. The molecule has 1 amide bonds. The first-order valence-corrected chi connectivity index (χ1v) is 6.23. The molecule has 0 spiro atoms. The van der Waals surface area contributed by atoms with E-state index in [4.69, 9.17) is 4.74 Å². The molecule has 4 heteroatoms. The molecule has 1 atom stereocenters. The summed E-state index contributed by atoms with van der Waals surface area (Å²) in [5.41, 5.74) is 1.38. The molecule has 0 aromatic heterocycles. The standard InChI is InChI=1S/C14H20N2O2/c1-10-9-16(13(17)18-14(2,3)4)12-8-6-5-7-11(12)15-10/h5-8,10,15H,9H2,1-4H3. The summed E-state index contributed by atoms with van der Waals surface area (Å²) >= 11 is 0. The lowest BCUT2D eigenvalue weighted by atomic mass is 10.1. The van der Waals surface area contributed by atoms with Gasteiger partial charge in [0, 0.05) is 12.6 Å². The Labute approximate surface area is 108 Å². The van der Waals surface area contributed by atoms with E-state index in [-0.39, 0.29) is 12.1 Å². The van der Waals surface area contributed by atoms with Crippen LogP contribution in [0.25, 0.3) is 0 Å². The van der Waals surface area contributed by atoms with Crippen molar-refractivity contribution in [2.24, 2.45) is 0 Å². The third-order valence-electron chi connectivity index (χ3n) is 2.67. The molecule has 1 aliphatic heterocycles. The number of nitrogens with zero attached hydrogens (tertiary/aromatic N) is 1. The fraction of sp³-hybridized carbons (Fsp3) is 0.500. The molecule has 0 aliphatic carbocycles. The highest BCUT2D eigenvalue weighted by Crippen LogP contribution is 2.31. The van der Waals surface area contributed by atoms with Crippen molar-refractivity contribution < 1.29 is 9.53 Å². The van der Waals surface area contributed by atoms with Crippen molar-refractivity contribution in [3.8, 4) is 0 Å². The topological polar surface area (TPSA) is 41.6 Å². The zero-order chi connectivity index (χ0) is 13.3. The molecule has 4 nitrogen and oxygen atoms in total. The third kappa shape index (κ3) is 2.75. The van der Waals surface area contributed by atoms with Crippen LogP contribution in [0.3, 0.4) is 0 Å².